The Hall–Kier alpha value is -1.48. The van der Waals surface area contributed by atoms with E-state index in [0.29, 0.717) is 12.0 Å². The molecule has 0 saturated carbocycles. The molecule has 0 radical (unpaired) electrons. The first-order chi connectivity index (χ1) is 8.66. The van der Waals surface area contributed by atoms with Crippen LogP contribution in [0.4, 0.5) is 4.39 Å². The van der Waals surface area contributed by atoms with Crippen LogP contribution in [0.2, 0.25) is 0 Å². The fourth-order valence-corrected chi connectivity index (χ4v) is 2.24. The van der Waals surface area contributed by atoms with Gasteiger partial charge in [-0.2, -0.15) is 0 Å². The van der Waals surface area contributed by atoms with Gasteiger partial charge in [-0.15, -0.1) is 0 Å². The van der Waals surface area contributed by atoms with Gasteiger partial charge in [0.1, 0.15) is 11.9 Å². The van der Waals surface area contributed by atoms with E-state index in [9.17, 15) is 14.3 Å². The number of benzene rings is 1. The molecule has 0 saturated heterocycles. The van der Waals surface area contributed by atoms with E-state index in [1.54, 1.807) is 0 Å². The van der Waals surface area contributed by atoms with Gasteiger partial charge in [-0.25, -0.2) is 4.39 Å². The molecule has 0 spiro atoms. The van der Waals surface area contributed by atoms with Gasteiger partial charge in [-0.3, -0.25) is 4.79 Å². The van der Waals surface area contributed by atoms with Crippen molar-refractivity contribution in [2.24, 2.45) is 0 Å². The summed E-state index contributed by atoms with van der Waals surface area (Å²) in [5.74, 6) is -0.711. The molecule has 0 bridgehead atoms. The molecule has 1 aliphatic carbocycles. The van der Waals surface area contributed by atoms with Crippen LogP contribution in [-0.2, 0) is 0 Å². The van der Waals surface area contributed by atoms with Crippen molar-refractivity contribution >= 4 is 5.78 Å². The van der Waals surface area contributed by atoms with E-state index in [-0.39, 0.29) is 11.6 Å². The minimum absolute atomic E-state index is 0.332. The van der Waals surface area contributed by atoms with E-state index in [1.807, 2.05) is 0 Å². The lowest BCUT2D eigenvalue weighted by Gasteiger charge is -2.16. The molecule has 1 atom stereocenters. The van der Waals surface area contributed by atoms with Crippen LogP contribution in [0.3, 0.4) is 0 Å². The van der Waals surface area contributed by atoms with Crippen LogP contribution in [-0.4, -0.2) is 17.0 Å². The molecule has 2 rings (SSSR count). The zero-order valence-corrected chi connectivity index (χ0v) is 10.2. The smallest absolute Gasteiger partial charge is 0.191 e. The largest absolute Gasteiger partial charge is 0.385 e. The zero-order valence-electron chi connectivity index (χ0n) is 10.2. The van der Waals surface area contributed by atoms with Gasteiger partial charge >= 0.3 is 0 Å². The predicted octanol–water partition coefficient (Wildman–Crippen LogP) is 3.26. The number of carbonyl (C=O) groups excluding carboxylic acids is 1. The molecule has 0 aromatic heterocycles. The van der Waals surface area contributed by atoms with Crippen LogP contribution in [0, 0.1) is 5.82 Å². The molecule has 1 N–H and O–H groups in total. The third-order valence-electron chi connectivity index (χ3n) is 3.27. The number of hydrogen-bond acceptors (Lipinski definition) is 2. The van der Waals surface area contributed by atoms with Crippen molar-refractivity contribution in [1.82, 2.24) is 0 Å². The van der Waals surface area contributed by atoms with E-state index < -0.39 is 6.10 Å². The van der Waals surface area contributed by atoms with Gasteiger partial charge < -0.3 is 5.11 Å². The Balaban J connectivity index is 2.00. The summed E-state index contributed by atoms with van der Waals surface area (Å²) in [6.45, 7) is 0. The molecule has 1 aliphatic rings. The monoisotopic (exact) mass is 248 g/mol. The average molecular weight is 248 g/mol. The number of aliphatic hydroxyl groups is 1. The van der Waals surface area contributed by atoms with Crippen LogP contribution in [0.25, 0.3) is 0 Å². The molecule has 3 heteroatoms. The molecule has 1 aromatic carbocycles. The summed E-state index contributed by atoms with van der Waals surface area (Å²) in [7, 11) is 0. The summed E-state index contributed by atoms with van der Waals surface area (Å²) in [6.07, 6.45) is 5.82. The van der Waals surface area contributed by atoms with Gasteiger partial charge in [-0.1, -0.05) is 11.6 Å². The van der Waals surface area contributed by atoms with Gasteiger partial charge in [0.25, 0.3) is 0 Å². The van der Waals surface area contributed by atoms with E-state index in [2.05, 4.69) is 6.08 Å². The second-order valence-electron chi connectivity index (χ2n) is 4.70. The van der Waals surface area contributed by atoms with Crippen molar-refractivity contribution in [3.8, 4) is 0 Å². The zero-order chi connectivity index (χ0) is 13.0. The molecule has 0 unspecified atom stereocenters. The molecular formula is C15H17FO2. The summed E-state index contributed by atoms with van der Waals surface area (Å²) < 4.78 is 12.7. The van der Waals surface area contributed by atoms with E-state index >= 15 is 0 Å². The van der Waals surface area contributed by atoms with Crippen molar-refractivity contribution in [1.29, 1.82) is 0 Å². The Morgan fingerprint density at radius 1 is 1.28 bits per heavy atom. The highest BCUT2D eigenvalue weighted by Crippen LogP contribution is 2.22. The first-order valence-corrected chi connectivity index (χ1v) is 6.32. The fourth-order valence-electron chi connectivity index (χ4n) is 2.24. The molecule has 0 aliphatic heterocycles. The van der Waals surface area contributed by atoms with Gasteiger partial charge in [0.05, 0.1) is 0 Å². The van der Waals surface area contributed by atoms with Crippen LogP contribution in [0.15, 0.2) is 35.9 Å². The van der Waals surface area contributed by atoms with Crippen LogP contribution in [0.5, 0.6) is 0 Å². The van der Waals surface area contributed by atoms with Crippen molar-refractivity contribution in [2.45, 2.75) is 38.2 Å². The number of carbonyl (C=O) groups is 1. The Kier molecular flexibility index (Phi) is 4.26. The van der Waals surface area contributed by atoms with E-state index in [4.69, 9.17) is 0 Å². The first-order valence-electron chi connectivity index (χ1n) is 6.32. The lowest BCUT2D eigenvalue weighted by Crippen LogP contribution is -2.21. The number of allylic oxidation sites excluding steroid dienone is 1. The van der Waals surface area contributed by atoms with Crippen LogP contribution in [0.1, 0.15) is 42.5 Å². The number of aliphatic hydroxyl groups excluding tert-OH is 1. The number of halogens is 1. The molecular weight excluding hydrogens is 231 g/mol. The molecule has 2 nitrogen and oxygen atoms in total. The lowest BCUT2D eigenvalue weighted by atomic mass is 9.92. The Morgan fingerprint density at radius 3 is 2.61 bits per heavy atom. The van der Waals surface area contributed by atoms with E-state index in [0.717, 1.165) is 24.8 Å². The number of hydrogen-bond donors (Lipinski definition) is 1. The molecule has 18 heavy (non-hydrogen) atoms. The normalized spacial score (nSPS) is 17.1. The van der Waals surface area contributed by atoms with Gasteiger partial charge in [0.2, 0.25) is 0 Å². The van der Waals surface area contributed by atoms with Crippen molar-refractivity contribution in [2.75, 3.05) is 0 Å². The van der Waals surface area contributed by atoms with Crippen LogP contribution >= 0.6 is 0 Å². The van der Waals surface area contributed by atoms with Gasteiger partial charge in [0.15, 0.2) is 5.78 Å². The molecule has 0 heterocycles. The SMILES string of the molecule is O=C(c1ccc(F)cc1)[C@@H](O)CC1=CCCCC1. The minimum Gasteiger partial charge on any atom is -0.385 e. The maximum Gasteiger partial charge on any atom is 0.191 e. The predicted molar refractivity (Wildman–Crippen MR) is 67.9 cm³/mol. The number of ketones is 1. The fraction of sp³-hybridized carbons (Fsp3) is 0.400. The topological polar surface area (TPSA) is 37.3 Å². The summed E-state index contributed by atoms with van der Waals surface area (Å²) in [5.41, 5.74) is 1.52. The van der Waals surface area contributed by atoms with Gasteiger partial charge in [-0.05, 0) is 49.9 Å². The van der Waals surface area contributed by atoms with Crippen molar-refractivity contribution in [3.05, 3.63) is 47.3 Å². The molecule has 0 fully saturated rings. The second-order valence-corrected chi connectivity index (χ2v) is 4.70. The molecule has 0 amide bonds. The Morgan fingerprint density at radius 2 is 2.00 bits per heavy atom. The Bertz CT molecular complexity index is 448. The highest BCUT2D eigenvalue weighted by atomic mass is 19.1. The highest BCUT2D eigenvalue weighted by Gasteiger charge is 2.19. The maximum absolute atomic E-state index is 12.7. The second kappa shape index (κ2) is 5.91. The molecule has 1 aromatic rings. The third kappa shape index (κ3) is 3.26. The third-order valence-corrected chi connectivity index (χ3v) is 3.27. The lowest BCUT2D eigenvalue weighted by molar-refractivity contribution is 0.0745. The van der Waals surface area contributed by atoms with Crippen molar-refractivity contribution < 1.29 is 14.3 Å². The number of Topliss-reactive ketones (excluding diaryl/α,β-unsaturated/α-hetero) is 1. The quantitative estimate of drug-likeness (QED) is 0.656. The van der Waals surface area contributed by atoms with Crippen molar-refractivity contribution in [3.63, 3.8) is 0 Å². The Labute approximate surface area is 106 Å². The van der Waals surface area contributed by atoms with Crippen LogP contribution < -0.4 is 0 Å². The summed E-state index contributed by atoms with van der Waals surface area (Å²) in [6, 6.07) is 5.30. The standard InChI is InChI=1S/C15H17FO2/c16-13-8-6-12(7-9-13)15(18)14(17)10-11-4-2-1-3-5-11/h4,6-9,14,17H,1-3,5,10H2/t14-/m0/s1. The number of rotatable bonds is 4. The minimum atomic E-state index is -1.01. The van der Waals surface area contributed by atoms with Gasteiger partial charge in [0, 0.05) is 12.0 Å². The highest BCUT2D eigenvalue weighted by molar-refractivity contribution is 5.99. The summed E-state index contributed by atoms with van der Waals surface area (Å²) in [4.78, 5) is 11.9. The maximum atomic E-state index is 12.7. The average Bonchev–Trinajstić information content (AvgIpc) is 2.40. The molecule has 96 valence electrons. The summed E-state index contributed by atoms with van der Waals surface area (Å²) >= 11 is 0. The van der Waals surface area contributed by atoms with E-state index in [1.165, 1.54) is 30.7 Å². The summed E-state index contributed by atoms with van der Waals surface area (Å²) in [5, 5.41) is 9.91. The first kappa shape index (κ1) is 13.0.